The minimum Gasteiger partial charge on any atom is -0.497 e. The molecule has 1 unspecified atom stereocenters. The molecule has 0 bridgehead atoms. The lowest BCUT2D eigenvalue weighted by atomic mass is 9.85. The molecule has 0 fully saturated rings. The third-order valence-electron chi connectivity index (χ3n) is 4.45. The summed E-state index contributed by atoms with van der Waals surface area (Å²) in [6.07, 6.45) is 2.67. The number of rotatable bonds is 4. The van der Waals surface area contributed by atoms with Gasteiger partial charge in [0.25, 0.3) is 0 Å². The first kappa shape index (κ1) is 14.9. The predicted molar refractivity (Wildman–Crippen MR) is 88.2 cm³/mol. The fourth-order valence-corrected chi connectivity index (χ4v) is 3.20. The van der Waals surface area contributed by atoms with Crippen LogP contribution in [0.1, 0.15) is 31.5 Å². The molecule has 3 rings (SSSR count). The average molecular weight is 300 g/mol. The number of carbonyl (C=O) groups is 1. The molecule has 0 saturated heterocycles. The molecule has 4 nitrogen and oxygen atoms in total. The summed E-state index contributed by atoms with van der Waals surface area (Å²) in [7, 11) is 1.68. The first-order valence-corrected chi connectivity index (χ1v) is 8.03. The Hall–Kier alpha value is -1.97. The van der Waals surface area contributed by atoms with E-state index in [0.29, 0.717) is 5.92 Å². The SMILES string of the molecule is COc1ccc2[nH]c3c(c2c1)CC(C(=O)NCC(C)C)CC3. The van der Waals surface area contributed by atoms with Gasteiger partial charge in [-0.1, -0.05) is 13.8 Å². The van der Waals surface area contributed by atoms with E-state index >= 15 is 0 Å². The number of benzene rings is 1. The quantitative estimate of drug-likeness (QED) is 0.912. The molecule has 1 atom stereocenters. The first-order chi connectivity index (χ1) is 10.6. The normalized spacial score (nSPS) is 17.5. The number of ether oxygens (including phenoxy) is 1. The Kier molecular flexibility index (Phi) is 4.10. The number of amides is 1. The number of hydrogen-bond donors (Lipinski definition) is 2. The van der Waals surface area contributed by atoms with Crippen LogP contribution in [0.15, 0.2) is 18.2 Å². The molecule has 0 spiro atoms. The monoisotopic (exact) mass is 300 g/mol. The number of aromatic amines is 1. The van der Waals surface area contributed by atoms with Crippen molar-refractivity contribution in [2.45, 2.75) is 33.1 Å². The van der Waals surface area contributed by atoms with E-state index in [1.165, 1.54) is 16.6 Å². The van der Waals surface area contributed by atoms with Crippen molar-refractivity contribution >= 4 is 16.8 Å². The van der Waals surface area contributed by atoms with Gasteiger partial charge in [0, 0.05) is 29.1 Å². The first-order valence-electron chi connectivity index (χ1n) is 8.03. The van der Waals surface area contributed by atoms with E-state index in [1.54, 1.807) is 7.11 Å². The van der Waals surface area contributed by atoms with Gasteiger partial charge in [-0.3, -0.25) is 4.79 Å². The van der Waals surface area contributed by atoms with Crippen LogP contribution >= 0.6 is 0 Å². The third-order valence-corrected chi connectivity index (χ3v) is 4.45. The van der Waals surface area contributed by atoms with Crippen molar-refractivity contribution in [3.63, 3.8) is 0 Å². The average Bonchev–Trinajstić information content (AvgIpc) is 2.89. The van der Waals surface area contributed by atoms with Crippen molar-refractivity contribution in [2.75, 3.05) is 13.7 Å². The molecule has 1 aliphatic carbocycles. The highest BCUT2D eigenvalue weighted by Gasteiger charge is 2.27. The molecule has 118 valence electrons. The van der Waals surface area contributed by atoms with Gasteiger partial charge in [-0.25, -0.2) is 0 Å². The van der Waals surface area contributed by atoms with Gasteiger partial charge in [0.2, 0.25) is 5.91 Å². The van der Waals surface area contributed by atoms with Crippen LogP contribution in [0, 0.1) is 11.8 Å². The summed E-state index contributed by atoms with van der Waals surface area (Å²) in [6.45, 7) is 4.99. The topological polar surface area (TPSA) is 54.1 Å². The van der Waals surface area contributed by atoms with Gasteiger partial charge in [0.15, 0.2) is 0 Å². The van der Waals surface area contributed by atoms with Crippen LogP contribution in [-0.2, 0) is 17.6 Å². The standard InChI is InChI=1S/C18H24N2O2/c1-11(2)10-19-18(21)12-4-6-16-14(8-12)15-9-13(22-3)5-7-17(15)20-16/h5,7,9,11-12,20H,4,6,8,10H2,1-3H3,(H,19,21). The van der Waals surface area contributed by atoms with Gasteiger partial charge in [-0.15, -0.1) is 0 Å². The summed E-state index contributed by atoms with van der Waals surface area (Å²) in [5, 5.41) is 4.26. The molecule has 1 aromatic carbocycles. The molecule has 0 saturated carbocycles. The molecule has 4 heteroatoms. The van der Waals surface area contributed by atoms with E-state index in [4.69, 9.17) is 4.74 Å². The van der Waals surface area contributed by atoms with Crippen molar-refractivity contribution < 1.29 is 9.53 Å². The lowest BCUT2D eigenvalue weighted by Gasteiger charge is -2.22. The van der Waals surface area contributed by atoms with Crippen molar-refractivity contribution in [3.8, 4) is 5.75 Å². The zero-order chi connectivity index (χ0) is 15.7. The third kappa shape index (κ3) is 2.82. The zero-order valence-electron chi connectivity index (χ0n) is 13.5. The second-order valence-electron chi connectivity index (χ2n) is 6.57. The Morgan fingerprint density at radius 2 is 2.27 bits per heavy atom. The Morgan fingerprint density at radius 3 is 3.00 bits per heavy atom. The minimum atomic E-state index is 0.0800. The highest BCUT2D eigenvalue weighted by molar-refractivity contribution is 5.88. The van der Waals surface area contributed by atoms with E-state index in [2.05, 4.69) is 36.3 Å². The van der Waals surface area contributed by atoms with Crippen LogP contribution in [-0.4, -0.2) is 24.5 Å². The summed E-state index contributed by atoms with van der Waals surface area (Å²) < 4.78 is 5.33. The molecule has 1 heterocycles. The summed E-state index contributed by atoms with van der Waals surface area (Å²) >= 11 is 0. The zero-order valence-corrected chi connectivity index (χ0v) is 13.5. The van der Waals surface area contributed by atoms with E-state index < -0.39 is 0 Å². The fraction of sp³-hybridized carbons (Fsp3) is 0.500. The van der Waals surface area contributed by atoms with Crippen LogP contribution in [0.3, 0.4) is 0 Å². The predicted octanol–water partition coefficient (Wildman–Crippen LogP) is 3.05. The number of carbonyl (C=O) groups excluding carboxylic acids is 1. The molecule has 22 heavy (non-hydrogen) atoms. The molecular weight excluding hydrogens is 276 g/mol. The molecule has 2 N–H and O–H groups in total. The maximum Gasteiger partial charge on any atom is 0.223 e. The van der Waals surface area contributed by atoms with Crippen molar-refractivity contribution in [1.82, 2.24) is 10.3 Å². The number of nitrogens with one attached hydrogen (secondary N) is 2. The molecule has 1 amide bonds. The maximum atomic E-state index is 12.3. The Balaban J connectivity index is 1.83. The van der Waals surface area contributed by atoms with Crippen LogP contribution in [0.25, 0.3) is 10.9 Å². The Labute approximate surface area is 131 Å². The second kappa shape index (κ2) is 6.03. The molecule has 1 aliphatic rings. The van der Waals surface area contributed by atoms with Crippen molar-refractivity contribution in [3.05, 3.63) is 29.5 Å². The number of fused-ring (bicyclic) bond motifs is 3. The number of hydrogen-bond acceptors (Lipinski definition) is 2. The summed E-state index contributed by atoms with van der Waals surface area (Å²) in [5.74, 6) is 1.62. The van der Waals surface area contributed by atoms with Crippen LogP contribution in [0.2, 0.25) is 0 Å². The second-order valence-corrected chi connectivity index (χ2v) is 6.57. The van der Waals surface area contributed by atoms with E-state index in [9.17, 15) is 4.79 Å². The Bertz CT molecular complexity index is 688. The molecule has 0 aliphatic heterocycles. The van der Waals surface area contributed by atoms with Crippen LogP contribution < -0.4 is 10.1 Å². The molecule has 0 radical (unpaired) electrons. The van der Waals surface area contributed by atoms with Crippen molar-refractivity contribution in [1.29, 1.82) is 0 Å². The number of methoxy groups -OCH3 is 1. The molecular formula is C18H24N2O2. The minimum absolute atomic E-state index is 0.0800. The highest BCUT2D eigenvalue weighted by atomic mass is 16.5. The van der Waals surface area contributed by atoms with Gasteiger partial charge in [-0.2, -0.15) is 0 Å². The van der Waals surface area contributed by atoms with Gasteiger partial charge in [0.05, 0.1) is 7.11 Å². The molecule has 2 aromatic rings. The number of H-pyrrole nitrogens is 1. The van der Waals surface area contributed by atoms with Crippen LogP contribution in [0.4, 0.5) is 0 Å². The largest absolute Gasteiger partial charge is 0.497 e. The Morgan fingerprint density at radius 1 is 1.45 bits per heavy atom. The van der Waals surface area contributed by atoms with Gasteiger partial charge < -0.3 is 15.0 Å². The summed E-state index contributed by atoms with van der Waals surface area (Å²) in [6, 6.07) is 6.09. The molecule has 1 aromatic heterocycles. The summed E-state index contributed by atoms with van der Waals surface area (Å²) in [4.78, 5) is 15.8. The van der Waals surface area contributed by atoms with E-state index in [0.717, 1.165) is 37.1 Å². The highest BCUT2D eigenvalue weighted by Crippen LogP contribution is 2.33. The maximum absolute atomic E-state index is 12.3. The smallest absolute Gasteiger partial charge is 0.223 e. The van der Waals surface area contributed by atoms with Crippen LogP contribution in [0.5, 0.6) is 5.75 Å². The van der Waals surface area contributed by atoms with Gasteiger partial charge >= 0.3 is 0 Å². The number of aromatic nitrogens is 1. The lowest BCUT2D eigenvalue weighted by molar-refractivity contribution is -0.125. The van der Waals surface area contributed by atoms with Gasteiger partial charge in [-0.05, 0) is 48.9 Å². The summed E-state index contributed by atoms with van der Waals surface area (Å²) in [5.41, 5.74) is 3.69. The number of aryl methyl sites for hydroxylation is 1. The van der Waals surface area contributed by atoms with Crippen molar-refractivity contribution in [2.24, 2.45) is 11.8 Å². The van der Waals surface area contributed by atoms with E-state index in [1.807, 2.05) is 6.07 Å². The van der Waals surface area contributed by atoms with Gasteiger partial charge in [0.1, 0.15) is 5.75 Å². The van der Waals surface area contributed by atoms with E-state index in [-0.39, 0.29) is 11.8 Å². The fourth-order valence-electron chi connectivity index (χ4n) is 3.20. The lowest BCUT2D eigenvalue weighted by Crippen LogP contribution is -2.35.